The van der Waals surface area contributed by atoms with Gasteiger partial charge in [-0.05, 0) is 94.1 Å². The minimum absolute atomic E-state index is 0.739. The van der Waals surface area contributed by atoms with Crippen molar-refractivity contribution in [3.63, 3.8) is 0 Å². The number of likely N-dealkylation sites (tertiary alicyclic amines) is 1. The third kappa shape index (κ3) is 3.73. The lowest BCUT2D eigenvalue weighted by atomic mass is 9.68. The lowest BCUT2D eigenvalue weighted by Crippen LogP contribution is -2.59. The third-order valence-corrected chi connectivity index (χ3v) is 7.84. The fraction of sp³-hybridized carbons (Fsp3) is 0.667. The first-order valence-electron chi connectivity index (χ1n) is 11.2. The number of fused-ring (bicyclic) bond motifs is 6. The summed E-state index contributed by atoms with van der Waals surface area (Å²) in [6.45, 7) is 5.25. The second-order valence-electron chi connectivity index (χ2n) is 9.27. The van der Waals surface area contributed by atoms with Crippen molar-refractivity contribution < 1.29 is 0 Å². The summed E-state index contributed by atoms with van der Waals surface area (Å²) >= 11 is 6.02. The van der Waals surface area contributed by atoms with Crippen LogP contribution in [0.2, 0.25) is 5.02 Å². The first kappa shape index (κ1) is 18.2. The van der Waals surface area contributed by atoms with E-state index in [0.717, 1.165) is 28.9 Å². The van der Waals surface area contributed by atoms with Gasteiger partial charge < -0.3 is 0 Å². The lowest BCUT2D eigenvalue weighted by Gasteiger charge is -2.55. The van der Waals surface area contributed by atoms with Gasteiger partial charge in [0.2, 0.25) is 0 Å². The zero-order valence-electron chi connectivity index (χ0n) is 16.5. The SMILES string of the molecule is Clc1ccc(CCCN2CCCC3=C[C@H]4C[C@H](CN5CCCC[C@H]45)[C@@H]32)cc1. The topological polar surface area (TPSA) is 6.48 Å². The van der Waals surface area contributed by atoms with Gasteiger partial charge in [0.15, 0.2) is 0 Å². The van der Waals surface area contributed by atoms with Crippen LogP contribution in [-0.2, 0) is 6.42 Å². The van der Waals surface area contributed by atoms with Crippen molar-refractivity contribution in [1.29, 1.82) is 0 Å². The van der Waals surface area contributed by atoms with Crippen LogP contribution in [0.5, 0.6) is 0 Å². The van der Waals surface area contributed by atoms with Gasteiger partial charge in [0, 0.05) is 23.7 Å². The number of halogens is 1. The molecule has 0 aromatic heterocycles. The Morgan fingerprint density at radius 2 is 1.93 bits per heavy atom. The Hall–Kier alpha value is -0.830. The van der Waals surface area contributed by atoms with Gasteiger partial charge in [-0.1, -0.05) is 41.8 Å². The van der Waals surface area contributed by atoms with E-state index >= 15 is 0 Å². The van der Waals surface area contributed by atoms with Crippen molar-refractivity contribution in [2.45, 2.75) is 63.5 Å². The summed E-state index contributed by atoms with van der Waals surface area (Å²) in [5, 5.41) is 0.842. The van der Waals surface area contributed by atoms with Crippen LogP contribution in [0.25, 0.3) is 0 Å². The second-order valence-corrected chi connectivity index (χ2v) is 9.71. The summed E-state index contributed by atoms with van der Waals surface area (Å²) in [6.07, 6.45) is 13.6. The molecule has 0 amide bonds. The zero-order valence-corrected chi connectivity index (χ0v) is 17.2. The quantitative estimate of drug-likeness (QED) is 0.661. The number of aryl methyl sites for hydroxylation is 1. The van der Waals surface area contributed by atoms with Crippen LogP contribution in [0.3, 0.4) is 0 Å². The number of rotatable bonds is 4. The van der Waals surface area contributed by atoms with Crippen LogP contribution in [-0.4, -0.2) is 48.1 Å². The van der Waals surface area contributed by atoms with Crippen LogP contribution in [0, 0.1) is 11.8 Å². The van der Waals surface area contributed by atoms with Crippen LogP contribution in [0.4, 0.5) is 0 Å². The maximum absolute atomic E-state index is 6.02. The Labute approximate surface area is 169 Å². The summed E-state index contributed by atoms with van der Waals surface area (Å²) in [4.78, 5) is 5.70. The van der Waals surface area contributed by atoms with Gasteiger partial charge in [0.25, 0.3) is 0 Å². The van der Waals surface area contributed by atoms with Crippen molar-refractivity contribution >= 4 is 11.6 Å². The molecule has 1 aromatic carbocycles. The van der Waals surface area contributed by atoms with Crippen LogP contribution in [0.1, 0.15) is 50.5 Å². The second kappa shape index (κ2) is 7.89. The molecule has 3 saturated heterocycles. The van der Waals surface area contributed by atoms with Crippen LogP contribution in [0.15, 0.2) is 35.9 Å². The molecule has 0 spiro atoms. The number of hydrogen-bond donors (Lipinski definition) is 0. The maximum Gasteiger partial charge on any atom is 0.0406 e. The van der Waals surface area contributed by atoms with E-state index in [1.54, 1.807) is 5.57 Å². The Morgan fingerprint density at radius 3 is 2.81 bits per heavy atom. The van der Waals surface area contributed by atoms with E-state index in [1.165, 1.54) is 83.1 Å². The molecule has 0 N–H and O–H groups in total. The van der Waals surface area contributed by atoms with E-state index in [1.807, 2.05) is 12.1 Å². The monoisotopic (exact) mass is 384 g/mol. The van der Waals surface area contributed by atoms with Gasteiger partial charge in [-0.15, -0.1) is 0 Å². The molecule has 3 heterocycles. The van der Waals surface area contributed by atoms with Crippen molar-refractivity contribution in [2.24, 2.45) is 11.8 Å². The van der Waals surface area contributed by atoms with Gasteiger partial charge in [-0.2, -0.15) is 0 Å². The first-order valence-corrected chi connectivity index (χ1v) is 11.6. The van der Waals surface area contributed by atoms with E-state index < -0.39 is 0 Å². The summed E-state index contributed by atoms with van der Waals surface area (Å²) in [7, 11) is 0. The molecule has 3 heteroatoms. The molecule has 3 fully saturated rings. The standard InChI is InChI=1S/C24H33ClN2/c25-22-10-8-18(9-11-22)5-3-13-26-14-4-6-19-15-20-16-21(24(19)26)17-27-12-2-1-7-23(20)27/h8-11,15,20-21,23-24H,1-7,12-14,16-17H2/t20-,21+,23+,24+/m0/s1. The van der Waals surface area contributed by atoms with Crippen LogP contribution >= 0.6 is 11.6 Å². The fourth-order valence-corrected chi connectivity index (χ4v) is 6.60. The molecular weight excluding hydrogens is 352 g/mol. The Morgan fingerprint density at radius 1 is 1.04 bits per heavy atom. The van der Waals surface area contributed by atoms with Crippen molar-refractivity contribution in [1.82, 2.24) is 9.80 Å². The zero-order chi connectivity index (χ0) is 18.2. The van der Waals surface area contributed by atoms with Crippen molar-refractivity contribution in [3.05, 3.63) is 46.5 Å². The molecule has 2 nitrogen and oxygen atoms in total. The molecule has 146 valence electrons. The van der Waals surface area contributed by atoms with E-state index in [0.29, 0.717) is 0 Å². The molecular formula is C24H33ClN2. The lowest BCUT2D eigenvalue weighted by molar-refractivity contribution is -0.000826. The summed E-state index contributed by atoms with van der Waals surface area (Å²) in [5.41, 5.74) is 3.23. The molecule has 0 saturated carbocycles. The van der Waals surface area contributed by atoms with Crippen molar-refractivity contribution in [2.75, 3.05) is 26.2 Å². The van der Waals surface area contributed by atoms with Gasteiger partial charge in [-0.3, -0.25) is 9.80 Å². The molecule has 0 unspecified atom stereocenters. The molecule has 27 heavy (non-hydrogen) atoms. The largest absolute Gasteiger partial charge is 0.299 e. The van der Waals surface area contributed by atoms with Gasteiger partial charge in [0.1, 0.15) is 0 Å². The molecule has 0 radical (unpaired) electrons. The van der Waals surface area contributed by atoms with Gasteiger partial charge in [-0.25, -0.2) is 0 Å². The smallest absolute Gasteiger partial charge is 0.0406 e. The predicted octanol–water partition coefficient (Wildman–Crippen LogP) is 5.17. The molecule has 1 aliphatic carbocycles. The minimum Gasteiger partial charge on any atom is -0.299 e. The van der Waals surface area contributed by atoms with E-state index in [9.17, 15) is 0 Å². The summed E-state index contributed by atoms with van der Waals surface area (Å²) < 4.78 is 0. The summed E-state index contributed by atoms with van der Waals surface area (Å²) in [5.74, 6) is 1.73. The third-order valence-electron chi connectivity index (χ3n) is 7.59. The molecule has 4 atom stereocenters. The Bertz CT molecular complexity index is 682. The molecule has 1 aromatic rings. The van der Waals surface area contributed by atoms with Gasteiger partial charge in [0.05, 0.1) is 0 Å². The highest BCUT2D eigenvalue weighted by molar-refractivity contribution is 6.30. The Kier molecular flexibility index (Phi) is 5.32. The molecule has 5 rings (SSSR count). The summed E-state index contributed by atoms with van der Waals surface area (Å²) in [6, 6.07) is 10.0. The molecule has 4 aliphatic rings. The molecule has 2 bridgehead atoms. The average molecular weight is 385 g/mol. The number of nitrogens with zero attached hydrogens (tertiary/aromatic N) is 2. The first-order chi connectivity index (χ1) is 13.3. The normalized spacial score (nSPS) is 33.9. The molecule has 3 aliphatic heterocycles. The highest BCUT2D eigenvalue weighted by Gasteiger charge is 2.45. The highest BCUT2D eigenvalue weighted by atomic mass is 35.5. The minimum atomic E-state index is 0.739. The number of piperidine rings is 3. The van der Waals surface area contributed by atoms with E-state index in [-0.39, 0.29) is 0 Å². The number of benzene rings is 1. The van der Waals surface area contributed by atoms with Crippen molar-refractivity contribution in [3.8, 4) is 0 Å². The van der Waals surface area contributed by atoms with E-state index in [2.05, 4.69) is 28.0 Å². The van der Waals surface area contributed by atoms with E-state index in [4.69, 9.17) is 11.6 Å². The maximum atomic E-state index is 6.02. The average Bonchev–Trinajstić information content (AvgIpc) is 2.69. The predicted molar refractivity (Wildman–Crippen MR) is 113 cm³/mol. The van der Waals surface area contributed by atoms with Gasteiger partial charge >= 0.3 is 0 Å². The number of hydrogen-bond acceptors (Lipinski definition) is 2. The highest BCUT2D eigenvalue weighted by Crippen LogP contribution is 2.45. The van der Waals surface area contributed by atoms with Crippen LogP contribution < -0.4 is 0 Å². The Balaban J connectivity index is 1.26. The fourth-order valence-electron chi connectivity index (χ4n) is 6.47.